The van der Waals surface area contributed by atoms with E-state index in [1.54, 1.807) is 11.0 Å². The number of benzene rings is 1. The van der Waals surface area contributed by atoms with Gasteiger partial charge in [0.05, 0.1) is 0 Å². The molecule has 8 nitrogen and oxygen atoms in total. The molecule has 0 atom stereocenters. The van der Waals surface area contributed by atoms with Gasteiger partial charge in [0.25, 0.3) is 0 Å². The molecule has 1 aromatic heterocycles. The van der Waals surface area contributed by atoms with Crippen molar-refractivity contribution in [1.82, 2.24) is 12.9 Å². The van der Waals surface area contributed by atoms with E-state index in [9.17, 15) is 14.9 Å². The minimum atomic E-state index is -0.440. The van der Waals surface area contributed by atoms with Crippen molar-refractivity contribution >= 4 is 37.6 Å². The van der Waals surface area contributed by atoms with Crippen LogP contribution in [0.2, 0.25) is 0 Å². The topological polar surface area (TPSA) is 98.5 Å². The van der Waals surface area contributed by atoms with Crippen LogP contribution in [0.4, 0.5) is 5.69 Å². The molecule has 0 bridgehead atoms. The van der Waals surface area contributed by atoms with Crippen molar-refractivity contribution in [2.45, 2.75) is 65.2 Å². The second-order valence-electron chi connectivity index (χ2n) is 7.25. The van der Waals surface area contributed by atoms with Crippen LogP contribution in [-0.2, 0) is 4.79 Å². The Bertz CT molecular complexity index is 881. The molecule has 1 heterocycles. The Labute approximate surface area is 183 Å². The van der Waals surface area contributed by atoms with Crippen LogP contribution >= 0.6 is 0 Å². The molecular weight excluding hydrogens is 451 g/mol. The van der Waals surface area contributed by atoms with Gasteiger partial charge in [-0.05, 0) is 13.3 Å². The Morgan fingerprint density at radius 1 is 1.20 bits per heavy atom. The summed E-state index contributed by atoms with van der Waals surface area (Å²) in [6.07, 6.45) is 9.63. The third kappa shape index (κ3) is 6.92. The van der Waals surface area contributed by atoms with Gasteiger partial charge in [-0.25, -0.2) is 0 Å². The first kappa shape index (κ1) is 24.0. The second kappa shape index (κ2) is 12.4. The molecule has 0 aliphatic carbocycles. The van der Waals surface area contributed by atoms with Gasteiger partial charge in [0.2, 0.25) is 0 Å². The zero-order valence-corrected chi connectivity index (χ0v) is 19.6. The number of ether oxygens (including phenoxy) is 1. The van der Waals surface area contributed by atoms with Crippen LogP contribution < -0.4 is 4.74 Å². The summed E-state index contributed by atoms with van der Waals surface area (Å²) < 4.78 is 14.2. The molecule has 1 amide bonds. The minimum absolute atomic E-state index is 0.0226. The first-order valence-corrected chi connectivity index (χ1v) is 11.9. The van der Waals surface area contributed by atoms with Crippen molar-refractivity contribution in [3.63, 3.8) is 0 Å². The normalized spacial score (nSPS) is 11.6. The molecule has 0 unspecified atom stereocenters. The van der Waals surface area contributed by atoms with Crippen LogP contribution in [0.5, 0.6) is 5.75 Å². The number of nitro benzene ring substituents is 1. The number of nitrogens with zero attached hydrogens (tertiary/aromatic N) is 4. The third-order valence-electron chi connectivity index (χ3n) is 5.00. The van der Waals surface area contributed by atoms with E-state index in [1.807, 2.05) is 14.0 Å². The van der Waals surface area contributed by atoms with E-state index in [0.717, 1.165) is 50.6 Å². The van der Waals surface area contributed by atoms with Crippen LogP contribution in [0.25, 0.3) is 11.0 Å². The molecule has 0 aliphatic heterocycles. The van der Waals surface area contributed by atoms with E-state index in [-0.39, 0.29) is 26.6 Å². The van der Waals surface area contributed by atoms with Gasteiger partial charge in [0, 0.05) is 12.7 Å². The number of hydrogen-bond acceptors (Lipinski definition) is 6. The summed E-state index contributed by atoms with van der Waals surface area (Å²) in [5, 5.41) is 11.1. The third-order valence-corrected chi connectivity index (χ3v) is 6.11. The summed E-state index contributed by atoms with van der Waals surface area (Å²) in [7, 11) is 1.84. The first-order valence-electron chi connectivity index (χ1n) is 10.4. The number of unbranched alkanes of at least 4 members (excludes halogenated alkanes) is 5. The van der Waals surface area contributed by atoms with Crippen molar-refractivity contribution in [2.75, 3.05) is 13.7 Å². The quantitative estimate of drug-likeness (QED) is 0.181. The van der Waals surface area contributed by atoms with Gasteiger partial charge in [0.1, 0.15) is 0 Å². The standard InChI is InChI=1S/C21H30N4O4Se/c1-4-5-8-11-16(2)24(3)19(26)12-9-6-7-10-15-29-18-14-13-17(25(27)28)20-21(18)23-30-22-20/h11,13-14H,4-10,12,15H2,1-3H3. The van der Waals surface area contributed by atoms with E-state index < -0.39 is 4.92 Å². The van der Waals surface area contributed by atoms with Crippen molar-refractivity contribution in [3.05, 3.63) is 34.0 Å². The Morgan fingerprint density at radius 2 is 1.93 bits per heavy atom. The number of rotatable bonds is 13. The van der Waals surface area contributed by atoms with Gasteiger partial charge in [-0.2, -0.15) is 0 Å². The van der Waals surface area contributed by atoms with Crippen LogP contribution in [0.1, 0.15) is 65.2 Å². The molecule has 164 valence electrons. The van der Waals surface area contributed by atoms with Crippen LogP contribution in [0.3, 0.4) is 0 Å². The molecule has 0 spiro atoms. The van der Waals surface area contributed by atoms with Gasteiger partial charge >= 0.3 is 132 Å². The average molecular weight is 481 g/mol. The Morgan fingerprint density at radius 3 is 2.67 bits per heavy atom. The van der Waals surface area contributed by atoms with Crippen LogP contribution in [0, 0.1) is 10.1 Å². The number of fused-ring (bicyclic) bond motifs is 1. The fraction of sp³-hybridized carbons (Fsp3) is 0.571. The van der Waals surface area contributed by atoms with E-state index in [1.165, 1.54) is 6.07 Å². The zero-order valence-electron chi connectivity index (χ0n) is 17.9. The van der Waals surface area contributed by atoms with Gasteiger partial charge in [-0.15, -0.1) is 0 Å². The number of aromatic nitrogens is 2. The van der Waals surface area contributed by atoms with Crippen molar-refractivity contribution in [2.24, 2.45) is 0 Å². The summed E-state index contributed by atoms with van der Waals surface area (Å²) in [5.41, 5.74) is 1.83. The van der Waals surface area contributed by atoms with E-state index in [2.05, 4.69) is 21.0 Å². The molecule has 0 aliphatic rings. The van der Waals surface area contributed by atoms with E-state index in [4.69, 9.17) is 4.74 Å². The Hall–Kier alpha value is -2.25. The predicted molar refractivity (Wildman–Crippen MR) is 118 cm³/mol. The number of amides is 1. The molecule has 9 heteroatoms. The number of carbonyl (C=O) groups excluding carboxylic acids is 1. The Kier molecular flexibility index (Phi) is 9.97. The van der Waals surface area contributed by atoms with Crippen molar-refractivity contribution in [1.29, 1.82) is 0 Å². The molecular formula is C21H30N4O4Se. The SMILES string of the molecule is CCCCC=C(C)N(C)C(=O)CCCCCCOc1ccc([N+](=O)[O-])c2n[se]nc12. The molecule has 0 N–H and O–H groups in total. The number of hydrogen-bond donors (Lipinski definition) is 0. The Balaban J connectivity index is 1.67. The average Bonchev–Trinajstić information content (AvgIpc) is 3.22. The van der Waals surface area contributed by atoms with Crippen molar-refractivity contribution in [3.8, 4) is 5.75 Å². The molecule has 1 aromatic carbocycles. The summed E-state index contributed by atoms with van der Waals surface area (Å²) in [4.78, 5) is 24.6. The van der Waals surface area contributed by atoms with E-state index in [0.29, 0.717) is 29.8 Å². The fourth-order valence-corrected chi connectivity index (χ4v) is 4.20. The summed E-state index contributed by atoms with van der Waals surface area (Å²) in [6, 6.07) is 3.03. The van der Waals surface area contributed by atoms with Gasteiger partial charge in [-0.1, -0.05) is 25.8 Å². The molecule has 0 saturated heterocycles. The van der Waals surface area contributed by atoms with Gasteiger partial charge in [0.15, 0.2) is 0 Å². The summed E-state index contributed by atoms with van der Waals surface area (Å²) >= 11 is -0.351. The molecule has 0 fully saturated rings. The van der Waals surface area contributed by atoms with Gasteiger partial charge in [-0.3, -0.25) is 0 Å². The predicted octanol–water partition coefficient (Wildman–Crippen LogP) is 4.48. The summed E-state index contributed by atoms with van der Waals surface area (Å²) in [5.74, 6) is 0.714. The molecule has 2 aromatic rings. The number of non-ortho nitro benzene ring substituents is 1. The first-order chi connectivity index (χ1) is 14.5. The van der Waals surface area contributed by atoms with E-state index >= 15 is 0 Å². The monoisotopic (exact) mass is 482 g/mol. The van der Waals surface area contributed by atoms with Crippen LogP contribution in [-0.4, -0.2) is 52.3 Å². The fourth-order valence-electron chi connectivity index (χ4n) is 3.02. The maximum atomic E-state index is 12.3. The zero-order chi connectivity index (χ0) is 21.9. The van der Waals surface area contributed by atoms with Crippen LogP contribution in [0.15, 0.2) is 23.9 Å². The molecule has 30 heavy (non-hydrogen) atoms. The van der Waals surface area contributed by atoms with Gasteiger partial charge < -0.3 is 0 Å². The molecule has 0 radical (unpaired) electrons. The number of nitro groups is 1. The second-order valence-corrected chi connectivity index (χ2v) is 8.36. The molecule has 2 rings (SSSR count). The van der Waals surface area contributed by atoms with Crippen molar-refractivity contribution < 1.29 is 14.5 Å². The molecule has 0 saturated carbocycles. The number of allylic oxidation sites excluding steroid dienone is 2. The maximum absolute atomic E-state index is 12.3. The number of carbonyl (C=O) groups is 1. The summed E-state index contributed by atoms with van der Waals surface area (Å²) in [6.45, 7) is 4.66.